The molecular formula is C19H18N4O. The highest BCUT2D eigenvalue weighted by Gasteiger charge is 2.17. The first-order valence-electron chi connectivity index (χ1n) is 7.62. The van der Waals surface area contributed by atoms with Gasteiger partial charge >= 0.3 is 0 Å². The van der Waals surface area contributed by atoms with E-state index in [1.807, 2.05) is 72.6 Å². The van der Waals surface area contributed by atoms with Crippen LogP contribution in [0.3, 0.4) is 0 Å². The highest BCUT2D eigenvalue weighted by atomic mass is 16.2. The smallest absolute Gasteiger partial charge is 0.276 e. The van der Waals surface area contributed by atoms with Crippen molar-refractivity contribution >= 4 is 23.2 Å². The SMILES string of the molecule is CN(C(=O)c1ccnc(N(C)c2ccccc2)n1)c1ccccc1. The number of carbonyl (C=O) groups excluding carboxylic acids is 1. The number of hydrogen-bond acceptors (Lipinski definition) is 4. The summed E-state index contributed by atoms with van der Waals surface area (Å²) < 4.78 is 0. The second-order valence-electron chi connectivity index (χ2n) is 5.34. The van der Waals surface area contributed by atoms with Gasteiger partial charge in [0.05, 0.1) is 0 Å². The molecule has 0 spiro atoms. The lowest BCUT2D eigenvalue weighted by molar-refractivity contribution is 0.0988. The zero-order valence-corrected chi connectivity index (χ0v) is 13.6. The summed E-state index contributed by atoms with van der Waals surface area (Å²) in [4.78, 5) is 24.8. The molecule has 0 saturated carbocycles. The lowest BCUT2D eigenvalue weighted by Gasteiger charge is -2.19. The van der Waals surface area contributed by atoms with E-state index in [4.69, 9.17) is 0 Å². The van der Waals surface area contributed by atoms with Crippen LogP contribution in [-0.2, 0) is 0 Å². The van der Waals surface area contributed by atoms with Gasteiger partial charge in [0.2, 0.25) is 5.95 Å². The number of para-hydroxylation sites is 2. The van der Waals surface area contributed by atoms with Crippen LogP contribution in [0.1, 0.15) is 10.5 Å². The molecule has 0 aliphatic carbocycles. The summed E-state index contributed by atoms with van der Waals surface area (Å²) in [5.74, 6) is 0.305. The minimum absolute atomic E-state index is 0.175. The van der Waals surface area contributed by atoms with Crippen molar-refractivity contribution in [1.29, 1.82) is 0 Å². The minimum atomic E-state index is -0.175. The van der Waals surface area contributed by atoms with Crippen molar-refractivity contribution in [1.82, 2.24) is 9.97 Å². The maximum atomic E-state index is 12.7. The van der Waals surface area contributed by atoms with E-state index >= 15 is 0 Å². The highest BCUT2D eigenvalue weighted by Crippen LogP contribution is 2.20. The summed E-state index contributed by atoms with van der Waals surface area (Å²) in [5, 5.41) is 0. The largest absolute Gasteiger partial charge is 0.314 e. The fourth-order valence-corrected chi connectivity index (χ4v) is 2.34. The van der Waals surface area contributed by atoms with Crippen molar-refractivity contribution < 1.29 is 4.79 Å². The predicted molar refractivity (Wildman–Crippen MR) is 95.7 cm³/mol. The van der Waals surface area contributed by atoms with Crippen LogP contribution in [0.25, 0.3) is 0 Å². The Morgan fingerprint density at radius 2 is 1.42 bits per heavy atom. The molecule has 24 heavy (non-hydrogen) atoms. The zero-order valence-electron chi connectivity index (χ0n) is 13.6. The summed E-state index contributed by atoms with van der Waals surface area (Å²) in [6.07, 6.45) is 1.60. The van der Waals surface area contributed by atoms with E-state index in [0.717, 1.165) is 11.4 Å². The Morgan fingerprint density at radius 3 is 2.04 bits per heavy atom. The molecule has 0 radical (unpaired) electrons. The Hall–Kier alpha value is -3.21. The average Bonchev–Trinajstić information content (AvgIpc) is 2.67. The van der Waals surface area contributed by atoms with Gasteiger partial charge in [0.25, 0.3) is 5.91 Å². The Balaban J connectivity index is 1.86. The lowest BCUT2D eigenvalue weighted by atomic mass is 10.2. The molecule has 0 unspecified atom stereocenters. The van der Waals surface area contributed by atoms with Gasteiger partial charge in [-0.05, 0) is 30.3 Å². The van der Waals surface area contributed by atoms with Crippen LogP contribution in [0.2, 0.25) is 0 Å². The minimum Gasteiger partial charge on any atom is -0.314 e. The van der Waals surface area contributed by atoms with Crippen LogP contribution in [0, 0.1) is 0 Å². The molecule has 1 heterocycles. The number of aromatic nitrogens is 2. The third kappa shape index (κ3) is 3.25. The van der Waals surface area contributed by atoms with Crippen LogP contribution < -0.4 is 9.80 Å². The molecule has 0 bridgehead atoms. The van der Waals surface area contributed by atoms with Gasteiger partial charge in [-0.25, -0.2) is 9.97 Å². The van der Waals surface area contributed by atoms with E-state index in [0.29, 0.717) is 11.6 Å². The normalized spacial score (nSPS) is 10.2. The van der Waals surface area contributed by atoms with Gasteiger partial charge in [0.15, 0.2) is 0 Å². The fraction of sp³-hybridized carbons (Fsp3) is 0.105. The summed E-state index contributed by atoms with van der Waals surface area (Å²) >= 11 is 0. The molecule has 3 aromatic rings. The maximum Gasteiger partial charge on any atom is 0.276 e. The van der Waals surface area contributed by atoms with Crippen LogP contribution in [-0.4, -0.2) is 30.0 Å². The second kappa shape index (κ2) is 6.91. The van der Waals surface area contributed by atoms with Crippen molar-refractivity contribution in [2.75, 3.05) is 23.9 Å². The fourth-order valence-electron chi connectivity index (χ4n) is 2.34. The van der Waals surface area contributed by atoms with Gasteiger partial charge in [-0.15, -0.1) is 0 Å². The summed E-state index contributed by atoms with van der Waals surface area (Å²) in [6.45, 7) is 0. The Kier molecular flexibility index (Phi) is 4.52. The molecule has 5 heteroatoms. The van der Waals surface area contributed by atoms with Gasteiger partial charge in [-0.1, -0.05) is 36.4 Å². The topological polar surface area (TPSA) is 49.3 Å². The summed E-state index contributed by atoms with van der Waals surface area (Å²) in [6, 6.07) is 20.9. The molecule has 0 aliphatic rings. The summed E-state index contributed by atoms with van der Waals surface area (Å²) in [7, 11) is 3.61. The summed E-state index contributed by atoms with van der Waals surface area (Å²) in [5.41, 5.74) is 2.13. The monoisotopic (exact) mass is 318 g/mol. The first-order valence-corrected chi connectivity index (χ1v) is 7.62. The first-order chi connectivity index (χ1) is 11.7. The van der Waals surface area contributed by atoms with E-state index in [2.05, 4.69) is 9.97 Å². The van der Waals surface area contributed by atoms with Crippen LogP contribution in [0.5, 0.6) is 0 Å². The molecule has 1 aromatic heterocycles. The zero-order chi connectivity index (χ0) is 16.9. The number of nitrogens with zero attached hydrogens (tertiary/aromatic N) is 4. The molecule has 5 nitrogen and oxygen atoms in total. The third-order valence-corrected chi connectivity index (χ3v) is 3.75. The van der Waals surface area contributed by atoms with Gasteiger partial charge in [-0.3, -0.25) is 4.79 Å². The highest BCUT2D eigenvalue weighted by molar-refractivity contribution is 6.04. The maximum absolute atomic E-state index is 12.7. The van der Waals surface area contributed by atoms with Crippen molar-refractivity contribution in [2.45, 2.75) is 0 Å². The molecule has 120 valence electrons. The number of amides is 1. The molecule has 0 saturated heterocycles. The molecule has 2 aromatic carbocycles. The number of rotatable bonds is 4. The Morgan fingerprint density at radius 1 is 0.833 bits per heavy atom. The molecule has 0 atom stereocenters. The predicted octanol–water partition coefficient (Wildman–Crippen LogP) is 3.52. The van der Waals surface area contributed by atoms with Gasteiger partial charge < -0.3 is 9.80 Å². The second-order valence-corrected chi connectivity index (χ2v) is 5.34. The molecule has 1 amide bonds. The van der Waals surface area contributed by atoms with Crippen molar-refractivity contribution in [3.8, 4) is 0 Å². The standard InChI is InChI=1S/C19H18N4O/c1-22(15-9-5-3-6-10-15)18(24)17-13-14-20-19(21-17)23(2)16-11-7-4-8-12-16/h3-14H,1-2H3. The van der Waals surface area contributed by atoms with E-state index in [9.17, 15) is 4.79 Å². The molecule has 0 aliphatic heterocycles. The van der Waals surface area contributed by atoms with Crippen molar-refractivity contribution in [3.05, 3.63) is 78.6 Å². The number of benzene rings is 2. The van der Waals surface area contributed by atoms with E-state index in [1.54, 1.807) is 24.2 Å². The Bertz CT molecular complexity index is 821. The van der Waals surface area contributed by atoms with E-state index in [1.165, 1.54) is 0 Å². The van der Waals surface area contributed by atoms with Gasteiger partial charge in [-0.2, -0.15) is 0 Å². The van der Waals surface area contributed by atoms with Crippen LogP contribution in [0.4, 0.5) is 17.3 Å². The van der Waals surface area contributed by atoms with Crippen molar-refractivity contribution in [2.24, 2.45) is 0 Å². The van der Waals surface area contributed by atoms with E-state index < -0.39 is 0 Å². The lowest BCUT2D eigenvalue weighted by Crippen LogP contribution is -2.27. The van der Waals surface area contributed by atoms with Crippen molar-refractivity contribution in [3.63, 3.8) is 0 Å². The van der Waals surface area contributed by atoms with Gasteiger partial charge in [0.1, 0.15) is 5.69 Å². The van der Waals surface area contributed by atoms with Gasteiger partial charge in [0, 0.05) is 31.7 Å². The third-order valence-electron chi connectivity index (χ3n) is 3.75. The van der Waals surface area contributed by atoms with Crippen LogP contribution in [0.15, 0.2) is 72.9 Å². The number of anilines is 3. The van der Waals surface area contributed by atoms with Crippen LogP contribution >= 0.6 is 0 Å². The molecule has 0 N–H and O–H groups in total. The average molecular weight is 318 g/mol. The first kappa shape index (κ1) is 15.7. The molecular weight excluding hydrogens is 300 g/mol. The quantitative estimate of drug-likeness (QED) is 0.738. The molecule has 3 rings (SSSR count). The van der Waals surface area contributed by atoms with E-state index in [-0.39, 0.29) is 5.91 Å². The number of hydrogen-bond donors (Lipinski definition) is 0. The molecule has 0 fully saturated rings. The number of carbonyl (C=O) groups is 1. The Labute approximate surface area is 141 Å².